The minimum atomic E-state index is 0.604. The van der Waals surface area contributed by atoms with Gasteiger partial charge in [-0.3, -0.25) is 0 Å². The van der Waals surface area contributed by atoms with Crippen LogP contribution >= 0.6 is 0 Å². The van der Waals surface area contributed by atoms with Gasteiger partial charge in [0, 0.05) is 19.3 Å². The van der Waals surface area contributed by atoms with E-state index < -0.39 is 0 Å². The molecule has 0 amide bonds. The third-order valence-electron chi connectivity index (χ3n) is 2.68. The summed E-state index contributed by atoms with van der Waals surface area (Å²) in [6.07, 6.45) is 7.21. The molecule has 3 heteroatoms. The summed E-state index contributed by atoms with van der Waals surface area (Å²) >= 11 is 0. The van der Waals surface area contributed by atoms with Gasteiger partial charge in [0.1, 0.15) is 5.82 Å². The van der Waals surface area contributed by atoms with Crippen LogP contribution in [0.4, 0.5) is 5.82 Å². The summed E-state index contributed by atoms with van der Waals surface area (Å²) in [5.41, 5.74) is 1.25. The van der Waals surface area contributed by atoms with Gasteiger partial charge in [0.05, 0.1) is 6.54 Å². The number of aromatic nitrogens is 1. The highest BCUT2D eigenvalue weighted by Gasteiger charge is 2.05. The summed E-state index contributed by atoms with van der Waals surface area (Å²) in [7, 11) is 0. The molecule has 1 aromatic heterocycles. The highest BCUT2D eigenvalue weighted by atomic mass is 15.2. The topological polar surface area (TPSA) is 28.2 Å². The number of rotatable bonds is 7. The third kappa shape index (κ3) is 4.77. The number of terminal acetylenes is 1. The zero-order valence-electron chi connectivity index (χ0n) is 11.6. The van der Waals surface area contributed by atoms with Crippen molar-refractivity contribution < 1.29 is 0 Å². The molecule has 1 N–H and O–H groups in total. The summed E-state index contributed by atoms with van der Waals surface area (Å²) in [6, 6.07) is 4.15. The van der Waals surface area contributed by atoms with Gasteiger partial charge in [0.25, 0.3) is 0 Å². The Labute approximate surface area is 111 Å². The molecule has 0 saturated heterocycles. The standard InChI is InChI=1S/C15H23N3/c1-5-9-18(6-2)15-10-14(7-8-17-15)12-16-11-13(3)4/h1,7-8,10,13,16H,6,9,11-12H2,2-4H3. The number of hydrogen-bond acceptors (Lipinski definition) is 3. The fraction of sp³-hybridized carbons (Fsp3) is 0.533. The maximum Gasteiger partial charge on any atom is 0.129 e. The summed E-state index contributed by atoms with van der Waals surface area (Å²) in [4.78, 5) is 6.46. The number of nitrogens with zero attached hydrogens (tertiary/aromatic N) is 2. The molecule has 0 fully saturated rings. The van der Waals surface area contributed by atoms with Crippen molar-refractivity contribution in [2.45, 2.75) is 27.3 Å². The predicted octanol–water partition coefficient (Wildman–Crippen LogP) is 2.29. The van der Waals surface area contributed by atoms with Crippen molar-refractivity contribution >= 4 is 5.82 Å². The SMILES string of the molecule is C#CCN(CC)c1cc(CNCC(C)C)ccn1. The highest BCUT2D eigenvalue weighted by Crippen LogP contribution is 2.12. The Morgan fingerprint density at radius 3 is 2.89 bits per heavy atom. The van der Waals surface area contributed by atoms with Crippen LogP contribution in [0.2, 0.25) is 0 Å². The first-order valence-corrected chi connectivity index (χ1v) is 6.51. The number of pyridine rings is 1. The summed E-state index contributed by atoms with van der Waals surface area (Å²) in [5, 5.41) is 3.43. The van der Waals surface area contributed by atoms with Crippen LogP contribution in [0.25, 0.3) is 0 Å². The van der Waals surface area contributed by atoms with Gasteiger partial charge in [-0.25, -0.2) is 4.98 Å². The largest absolute Gasteiger partial charge is 0.346 e. The maximum atomic E-state index is 5.36. The molecular formula is C15H23N3. The van der Waals surface area contributed by atoms with Crippen LogP contribution in [0.5, 0.6) is 0 Å². The van der Waals surface area contributed by atoms with Gasteiger partial charge in [0.15, 0.2) is 0 Å². The molecule has 0 aliphatic carbocycles. The molecule has 3 nitrogen and oxygen atoms in total. The van der Waals surface area contributed by atoms with E-state index in [2.05, 4.69) is 48.0 Å². The maximum absolute atomic E-state index is 5.36. The number of anilines is 1. The van der Waals surface area contributed by atoms with Crippen LogP contribution in [-0.2, 0) is 6.54 Å². The lowest BCUT2D eigenvalue weighted by molar-refractivity contribution is 0.552. The molecule has 18 heavy (non-hydrogen) atoms. The van der Waals surface area contributed by atoms with Gasteiger partial charge in [-0.05, 0) is 37.1 Å². The van der Waals surface area contributed by atoms with E-state index in [0.29, 0.717) is 12.5 Å². The first kappa shape index (κ1) is 14.5. The molecule has 0 aliphatic heterocycles. The zero-order chi connectivity index (χ0) is 13.4. The molecule has 0 aliphatic rings. The van der Waals surface area contributed by atoms with Crippen molar-refractivity contribution in [1.29, 1.82) is 0 Å². The molecule has 98 valence electrons. The summed E-state index contributed by atoms with van der Waals surface area (Å²) < 4.78 is 0. The van der Waals surface area contributed by atoms with E-state index in [1.54, 1.807) is 0 Å². The van der Waals surface area contributed by atoms with E-state index in [9.17, 15) is 0 Å². The molecule has 0 saturated carbocycles. The molecule has 0 aromatic carbocycles. The van der Waals surface area contributed by atoms with Gasteiger partial charge in [-0.1, -0.05) is 19.8 Å². The minimum Gasteiger partial charge on any atom is -0.346 e. The van der Waals surface area contributed by atoms with E-state index >= 15 is 0 Å². The second-order valence-electron chi connectivity index (χ2n) is 4.77. The molecule has 0 bridgehead atoms. The Bertz CT molecular complexity index is 393. The van der Waals surface area contributed by atoms with Crippen LogP contribution in [0.15, 0.2) is 18.3 Å². The van der Waals surface area contributed by atoms with E-state index in [4.69, 9.17) is 6.42 Å². The lowest BCUT2D eigenvalue weighted by atomic mass is 10.2. The molecule has 1 rings (SSSR count). The van der Waals surface area contributed by atoms with E-state index in [1.807, 2.05) is 12.3 Å². The van der Waals surface area contributed by atoms with Crippen molar-refractivity contribution in [2.75, 3.05) is 24.5 Å². The minimum absolute atomic E-state index is 0.604. The van der Waals surface area contributed by atoms with Crippen molar-refractivity contribution in [3.05, 3.63) is 23.9 Å². The van der Waals surface area contributed by atoms with E-state index in [1.165, 1.54) is 5.56 Å². The Morgan fingerprint density at radius 1 is 1.50 bits per heavy atom. The zero-order valence-corrected chi connectivity index (χ0v) is 11.6. The van der Waals surface area contributed by atoms with Crippen molar-refractivity contribution in [3.63, 3.8) is 0 Å². The second kappa shape index (κ2) is 7.73. The molecule has 0 radical (unpaired) electrons. The lowest BCUT2D eigenvalue weighted by Crippen LogP contribution is -2.24. The van der Waals surface area contributed by atoms with Gasteiger partial charge in [0.2, 0.25) is 0 Å². The summed E-state index contributed by atoms with van der Waals surface area (Å²) in [6.45, 7) is 9.88. The molecule has 0 unspecified atom stereocenters. The Balaban J connectivity index is 2.64. The fourth-order valence-corrected chi connectivity index (χ4v) is 1.71. The first-order valence-electron chi connectivity index (χ1n) is 6.51. The van der Waals surface area contributed by atoms with Crippen LogP contribution in [0, 0.1) is 18.3 Å². The summed E-state index contributed by atoms with van der Waals surface area (Å²) in [5.74, 6) is 4.29. The average Bonchev–Trinajstić information content (AvgIpc) is 2.36. The fourth-order valence-electron chi connectivity index (χ4n) is 1.71. The van der Waals surface area contributed by atoms with Crippen LogP contribution in [-0.4, -0.2) is 24.6 Å². The third-order valence-corrected chi connectivity index (χ3v) is 2.68. The van der Waals surface area contributed by atoms with Crippen molar-refractivity contribution in [3.8, 4) is 12.3 Å². The van der Waals surface area contributed by atoms with E-state index in [-0.39, 0.29) is 0 Å². The predicted molar refractivity (Wildman–Crippen MR) is 77.5 cm³/mol. The van der Waals surface area contributed by atoms with Gasteiger partial charge in [-0.2, -0.15) is 0 Å². The van der Waals surface area contributed by atoms with Gasteiger partial charge in [-0.15, -0.1) is 6.42 Å². The van der Waals surface area contributed by atoms with Crippen molar-refractivity contribution in [2.24, 2.45) is 5.92 Å². The van der Waals surface area contributed by atoms with Gasteiger partial charge >= 0.3 is 0 Å². The van der Waals surface area contributed by atoms with E-state index in [0.717, 1.165) is 25.5 Å². The smallest absolute Gasteiger partial charge is 0.129 e. The average molecular weight is 245 g/mol. The van der Waals surface area contributed by atoms with Crippen LogP contribution in [0.1, 0.15) is 26.3 Å². The van der Waals surface area contributed by atoms with Gasteiger partial charge < -0.3 is 10.2 Å². The Hall–Kier alpha value is -1.53. The molecule has 1 aromatic rings. The monoisotopic (exact) mass is 245 g/mol. The molecule has 0 atom stereocenters. The first-order chi connectivity index (χ1) is 8.67. The Morgan fingerprint density at radius 2 is 2.28 bits per heavy atom. The normalized spacial score (nSPS) is 10.4. The highest BCUT2D eigenvalue weighted by molar-refractivity contribution is 5.42. The quantitative estimate of drug-likeness (QED) is 0.747. The van der Waals surface area contributed by atoms with Crippen molar-refractivity contribution in [1.82, 2.24) is 10.3 Å². The Kier molecular flexibility index (Phi) is 6.24. The number of hydrogen-bond donors (Lipinski definition) is 1. The molecular weight excluding hydrogens is 222 g/mol. The lowest BCUT2D eigenvalue weighted by Gasteiger charge is -2.19. The second-order valence-corrected chi connectivity index (χ2v) is 4.77. The van der Waals surface area contributed by atoms with Crippen LogP contribution in [0.3, 0.4) is 0 Å². The molecule has 1 heterocycles. The van der Waals surface area contributed by atoms with Crippen LogP contribution < -0.4 is 10.2 Å². The molecule has 0 spiro atoms. The number of nitrogens with one attached hydrogen (secondary N) is 1.